The summed E-state index contributed by atoms with van der Waals surface area (Å²) in [7, 11) is 1.56. The molecular formula is C20H17ClFN5O. The molecule has 3 aromatic rings. The van der Waals surface area contributed by atoms with E-state index < -0.39 is 5.82 Å². The first-order valence-corrected chi connectivity index (χ1v) is 9.20. The number of nitrogens with one attached hydrogen (secondary N) is 2. The Morgan fingerprint density at radius 2 is 2.07 bits per heavy atom. The third kappa shape index (κ3) is 3.66. The van der Waals surface area contributed by atoms with Crippen molar-refractivity contribution in [3.05, 3.63) is 64.8 Å². The predicted molar refractivity (Wildman–Crippen MR) is 105 cm³/mol. The summed E-state index contributed by atoms with van der Waals surface area (Å²) >= 11 is 6.01. The number of carbonyl (C=O) groups excluding carboxylic acids is 1. The van der Waals surface area contributed by atoms with Crippen molar-refractivity contribution in [2.75, 3.05) is 12.4 Å². The summed E-state index contributed by atoms with van der Waals surface area (Å²) in [6.45, 7) is 0. The first kappa shape index (κ1) is 18.3. The number of nitrogens with zero attached hydrogens (tertiary/aromatic N) is 3. The Labute approximate surface area is 166 Å². The number of aromatic nitrogens is 3. The van der Waals surface area contributed by atoms with Gasteiger partial charge in [0.05, 0.1) is 16.8 Å². The van der Waals surface area contributed by atoms with Gasteiger partial charge in [-0.2, -0.15) is 0 Å². The van der Waals surface area contributed by atoms with E-state index in [2.05, 4.69) is 25.6 Å². The molecule has 1 aliphatic carbocycles. The molecular weight excluding hydrogens is 381 g/mol. The van der Waals surface area contributed by atoms with Crippen LogP contribution < -0.4 is 10.6 Å². The molecule has 1 amide bonds. The van der Waals surface area contributed by atoms with E-state index in [0.717, 1.165) is 18.4 Å². The number of pyridine rings is 1. The molecule has 0 atom stereocenters. The van der Waals surface area contributed by atoms with Gasteiger partial charge in [0.2, 0.25) is 0 Å². The number of hydrogen-bond acceptors (Lipinski definition) is 5. The minimum absolute atomic E-state index is 0.221. The number of anilines is 2. The molecule has 0 spiro atoms. The van der Waals surface area contributed by atoms with Crippen molar-refractivity contribution < 1.29 is 9.18 Å². The number of halogens is 2. The second kappa shape index (κ2) is 7.52. The minimum Gasteiger partial charge on any atom is -0.355 e. The van der Waals surface area contributed by atoms with E-state index in [9.17, 15) is 9.18 Å². The maximum atomic E-state index is 14.3. The van der Waals surface area contributed by atoms with Crippen molar-refractivity contribution >= 4 is 29.0 Å². The fourth-order valence-corrected chi connectivity index (χ4v) is 3.10. The smallest absolute Gasteiger partial charge is 0.254 e. The van der Waals surface area contributed by atoms with Crippen LogP contribution in [-0.2, 0) is 0 Å². The zero-order chi connectivity index (χ0) is 19.7. The minimum atomic E-state index is -0.454. The molecule has 4 rings (SSSR count). The van der Waals surface area contributed by atoms with Gasteiger partial charge in [-0.05, 0) is 43.0 Å². The molecule has 0 saturated heterocycles. The van der Waals surface area contributed by atoms with Crippen LogP contribution in [0.1, 0.15) is 34.7 Å². The highest BCUT2D eigenvalue weighted by Crippen LogP contribution is 2.43. The summed E-state index contributed by atoms with van der Waals surface area (Å²) in [5, 5.41) is 6.21. The van der Waals surface area contributed by atoms with Gasteiger partial charge in [-0.15, -0.1) is 0 Å². The standard InChI is InChI=1S/C20H17ClFN5O/c1-23-20(28)15-9-24-7-6-17(15)26-19-14(11-2-3-11)10-25-18(27-19)13-8-12(21)4-5-16(13)22/h4-11H,2-3H2,1H3,(H,23,28)(H,24,25,26,27). The molecule has 28 heavy (non-hydrogen) atoms. The highest BCUT2D eigenvalue weighted by atomic mass is 35.5. The molecule has 1 aromatic carbocycles. The van der Waals surface area contributed by atoms with E-state index in [0.29, 0.717) is 28.0 Å². The average Bonchev–Trinajstić information content (AvgIpc) is 3.55. The molecule has 1 fully saturated rings. The fraction of sp³-hybridized carbons (Fsp3) is 0.200. The maximum Gasteiger partial charge on any atom is 0.254 e. The number of benzene rings is 1. The molecule has 0 bridgehead atoms. The van der Waals surface area contributed by atoms with E-state index in [1.165, 1.54) is 24.4 Å². The highest BCUT2D eigenvalue weighted by molar-refractivity contribution is 6.30. The SMILES string of the molecule is CNC(=O)c1cnccc1Nc1nc(-c2cc(Cl)ccc2F)ncc1C1CC1. The van der Waals surface area contributed by atoms with E-state index in [-0.39, 0.29) is 17.3 Å². The van der Waals surface area contributed by atoms with Crippen molar-refractivity contribution in [2.24, 2.45) is 0 Å². The van der Waals surface area contributed by atoms with Gasteiger partial charge in [-0.1, -0.05) is 11.6 Å². The van der Waals surface area contributed by atoms with Gasteiger partial charge >= 0.3 is 0 Å². The Bertz CT molecular complexity index is 1050. The summed E-state index contributed by atoms with van der Waals surface area (Å²) in [5.41, 5.74) is 2.11. The van der Waals surface area contributed by atoms with Crippen LogP contribution in [0.5, 0.6) is 0 Å². The van der Waals surface area contributed by atoms with Crippen LogP contribution in [0.2, 0.25) is 5.02 Å². The topological polar surface area (TPSA) is 79.8 Å². The average molecular weight is 398 g/mol. The molecule has 6 nitrogen and oxygen atoms in total. The number of hydrogen-bond donors (Lipinski definition) is 2. The highest BCUT2D eigenvalue weighted by Gasteiger charge is 2.28. The maximum absolute atomic E-state index is 14.3. The van der Waals surface area contributed by atoms with Crippen LogP contribution in [0.4, 0.5) is 15.9 Å². The first-order chi connectivity index (χ1) is 13.6. The second-order valence-electron chi connectivity index (χ2n) is 6.52. The van der Waals surface area contributed by atoms with Crippen molar-refractivity contribution in [1.29, 1.82) is 0 Å². The first-order valence-electron chi connectivity index (χ1n) is 8.82. The van der Waals surface area contributed by atoms with Gasteiger partial charge in [0.1, 0.15) is 11.6 Å². The summed E-state index contributed by atoms with van der Waals surface area (Å²) < 4.78 is 14.3. The quantitative estimate of drug-likeness (QED) is 0.670. The van der Waals surface area contributed by atoms with Crippen LogP contribution in [0, 0.1) is 5.82 Å². The lowest BCUT2D eigenvalue weighted by atomic mass is 10.1. The molecule has 142 valence electrons. The largest absolute Gasteiger partial charge is 0.355 e. The van der Waals surface area contributed by atoms with Crippen molar-refractivity contribution in [3.8, 4) is 11.4 Å². The van der Waals surface area contributed by atoms with E-state index in [1.54, 1.807) is 25.5 Å². The summed E-state index contributed by atoms with van der Waals surface area (Å²) in [4.78, 5) is 25.1. The summed E-state index contributed by atoms with van der Waals surface area (Å²) in [6.07, 6.45) is 6.87. The number of carbonyl (C=O) groups is 1. The second-order valence-corrected chi connectivity index (χ2v) is 6.96. The molecule has 0 radical (unpaired) electrons. The van der Waals surface area contributed by atoms with Crippen molar-refractivity contribution in [1.82, 2.24) is 20.3 Å². The number of amides is 1. The van der Waals surface area contributed by atoms with Gasteiger partial charge in [0.15, 0.2) is 5.82 Å². The van der Waals surface area contributed by atoms with E-state index >= 15 is 0 Å². The normalized spacial score (nSPS) is 13.2. The fourth-order valence-electron chi connectivity index (χ4n) is 2.93. The van der Waals surface area contributed by atoms with E-state index in [4.69, 9.17) is 11.6 Å². The Morgan fingerprint density at radius 1 is 1.25 bits per heavy atom. The molecule has 2 heterocycles. The van der Waals surface area contributed by atoms with Gasteiger partial charge in [0.25, 0.3) is 5.91 Å². The van der Waals surface area contributed by atoms with E-state index in [1.807, 2.05) is 0 Å². The Kier molecular flexibility index (Phi) is 4.92. The monoisotopic (exact) mass is 397 g/mol. The van der Waals surface area contributed by atoms with Crippen molar-refractivity contribution in [2.45, 2.75) is 18.8 Å². The molecule has 1 saturated carbocycles. The van der Waals surface area contributed by atoms with Gasteiger partial charge in [-0.25, -0.2) is 14.4 Å². The molecule has 2 aromatic heterocycles. The van der Waals surface area contributed by atoms with Crippen LogP contribution in [0.3, 0.4) is 0 Å². The molecule has 8 heteroatoms. The van der Waals surface area contributed by atoms with Crippen LogP contribution >= 0.6 is 11.6 Å². The lowest BCUT2D eigenvalue weighted by Gasteiger charge is -2.14. The lowest BCUT2D eigenvalue weighted by Crippen LogP contribution is -2.19. The zero-order valence-electron chi connectivity index (χ0n) is 15.0. The molecule has 2 N–H and O–H groups in total. The summed E-state index contributed by atoms with van der Waals surface area (Å²) in [5.74, 6) is 0.403. The number of rotatable bonds is 5. The van der Waals surface area contributed by atoms with Crippen LogP contribution in [0.15, 0.2) is 42.9 Å². The van der Waals surface area contributed by atoms with Crippen molar-refractivity contribution in [3.63, 3.8) is 0 Å². The Hall–Kier alpha value is -3.06. The lowest BCUT2D eigenvalue weighted by molar-refractivity contribution is 0.0963. The van der Waals surface area contributed by atoms with Gasteiger partial charge < -0.3 is 10.6 Å². The predicted octanol–water partition coefficient (Wildman–Crippen LogP) is 4.31. The molecule has 0 aliphatic heterocycles. The zero-order valence-corrected chi connectivity index (χ0v) is 15.8. The third-order valence-corrected chi connectivity index (χ3v) is 4.78. The van der Waals surface area contributed by atoms with Gasteiger partial charge in [0, 0.05) is 36.2 Å². The van der Waals surface area contributed by atoms with Crippen LogP contribution in [-0.4, -0.2) is 27.9 Å². The summed E-state index contributed by atoms with van der Waals surface area (Å²) in [6, 6.07) is 5.96. The third-order valence-electron chi connectivity index (χ3n) is 4.55. The molecule has 0 unspecified atom stereocenters. The van der Waals surface area contributed by atoms with Crippen LogP contribution in [0.25, 0.3) is 11.4 Å². The Morgan fingerprint density at radius 3 is 2.82 bits per heavy atom. The van der Waals surface area contributed by atoms with Gasteiger partial charge in [-0.3, -0.25) is 9.78 Å². The Balaban J connectivity index is 1.78. The molecule has 1 aliphatic rings.